The number of nitriles is 1. The molecule has 0 atom stereocenters. The number of pyridine rings is 1. The maximum Gasteiger partial charge on any atom is 0.236 e. The Balaban J connectivity index is 2.18. The molecular formula is C20H22N2O2Si. The van der Waals surface area contributed by atoms with Crippen molar-refractivity contribution in [2.75, 3.05) is 0 Å². The Labute approximate surface area is 151 Å². The lowest BCUT2D eigenvalue weighted by Gasteiger charge is -2.29. The number of rotatable bonds is 5. The first kappa shape index (κ1) is 19.0. The minimum absolute atomic E-state index is 0.117. The second-order valence-electron chi connectivity index (χ2n) is 7.45. The quantitative estimate of drug-likeness (QED) is 0.596. The van der Waals surface area contributed by atoms with Gasteiger partial charge in [0.05, 0.1) is 11.2 Å². The van der Waals surface area contributed by atoms with Crippen molar-refractivity contribution in [3.63, 3.8) is 0 Å². The molecule has 1 aromatic carbocycles. The zero-order chi connectivity index (χ0) is 18.7. The Morgan fingerprint density at radius 2 is 1.72 bits per heavy atom. The molecule has 2 aromatic rings. The number of carbonyl (C=O) groups is 1. The third-order valence-corrected chi connectivity index (χ3v) is 4.81. The molecule has 25 heavy (non-hydrogen) atoms. The van der Waals surface area contributed by atoms with Crippen LogP contribution in [0.3, 0.4) is 0 Å². The molecule has 0 N–H and O–H groups in total. The molecule has 0 saturated carbocycles. The average Bonchev–Trinajstić information content (AvgIpc) is 2.59. The van der Waals surface area contributed by atoms with E-state index in [2.05, 4.69) is 25.8 Å². The van der Waals surface area contributed by atoms with Gasteiger partial charge in [0, 0.05) is 23.5 Å². The Hall–Kier alpha value is -2.29. The van der Waals surface area contributed by atoms with Crippen molar-refractivity contribution in [3.05, 3.63) is 65.0 Å². The summed E-state index contributed by atoms with van der Waals surface area (Å²) in [6.45, 7) is 10.5. The zero-order valence-electron chi connectivity index (χ0n) is 15.3. The van der Waals surface area contributed by atoms with Crippen molar-refractivity contribution in [2.45, 2.75) is 45.3 Å². The standard InChI is InChI=1S/C20H22N2O2Si/c1-19(2,3)25-24-20(4,5)17-8-6-15(7-9-17)18(23)16-10-14(11-21)12-22-13-16/h6-10,12-13H,1-5H3. The molecule has 0 fully saturated rings. The van der Waals surface area contributed by atoms with Gasteiger partial charge in [-0.05, 0) is 30.5 Å². The lowest BCUT2D eigenvalue weighted by molar-refractivity contribution is 0.103. The zero-order valence-corrected chi connectivity index (χ0v) is 16.3. The van der Waals surface area contributed by atoms with Gasteiger partial charge in [-0.1, -0.05) is 45.0 Å². The van der Waals surface area contributed by atoms with Gasteiger partial charge >= 0.3 is 0 Å². The third kappa shape index (κ3) is 5.09. The summed E-state index contributed by atoms with van der Waals surface area (Å²) in [6.07, 6.45) is 2.92. The first-order valence-corrected chi connectivity index (χ1v) is 8.99. The molecule has 4 nitrogen and oxygen atoms in total. The summed E-state index contributed by atoms with van der Waals surface area (Å²) in [5.74, 6) is -0.147. The maximum atomic E-state index is 12.6. The van der Waals surface area contributed by atoms with Gasteiger partial charge < -0.3 is 4.43 Å². The van der Waals surface area contributed by atoms with Crippen LogP contribution in [0.25, 0.3) is 0 Å². The Kier molecular flexibility index (Phi) is 5.56. The first-order chi connectivity index (χ1) is 11.6. The molecule has 0 unspecified atom stereocenters. The Morgan fingerprint density at radius 3 is 2.28 bits per heavy atom. The maximum absolute atomic E-state index is 12.6. The van der Waals surface area contributed by atoms with Gasteiger partial charge in [0.25, 0.3) is 0 Å². The van der Waals surface area contributed by atoms with E-state index in [0.29, 0.717) is 26.5 Å². The largest absolute Gasteiger partial charge is 0.408 e. The highest BCUT2D eigenvalue weighted by Crippen LogP contribution is 2.29. The van der Waals surface area contributed by atoms with E-state index < -0.39 is 5.60 Å². The Bertz CT molecular complexity index is 800. The van der Waals surface area contributed by atoms with E-state index in [1.165, 1.54) is 12.4 Å². The van der Waals surface area contributed by atoms with Crippen LogP contribution in [0.4, 0.5) is 0 Å². The lowest BCUT2D eigenvalue weighted by Crippen LogP contribution is -2.27. The molecule has 0 aliphatic heterocycles. The number of nitrogens with zero attached hydrogens (tertiary/aromatic N) is 2. The molecule has 1 aromatic heterocycles. The minimum Gasteiger partial charge on any atom is -0.408 e. The molecule has 0 aliphatic carbocycles. The van der Waals surface area contributed by atoms with E-state index in [0.717, 1.165) is 5.56 Å². The van der Waals surface area contributed by atoms with Gasteiger partial charge in [0.15, 0.2) is 5.78 Å². The van der Waals surface area contributed by atoms with Crippen molar-refractivity contribution in [3.8, 4) is 6.07 Å². The summed E-state index contributed by atoms with van der Waals surface area (Å²) in [6, 6.07) is 11.0. The monoisotopic (exact) mass is 350 g/mol. The molecule has 1 heterocycles. The average molecular weight is 350 g/mol. The first-order valence-electron chi connectivity index (χ1n) is 8.08. The number of carbonyl (C=O) groups excluding carboxylic acids is 1. The highest BCUT2D eigenvalue weighted by Gasteiger charge is 2.25. The summed E-state index contributed by atoms with van der Waals surface area (Å²) < 4.78 is 6.09. The van der Waals surface area contributed by atoms with Crippen LogP contribution in [-0.4, -0.2) is 20.5 Å². The summed E-state index contributed by atoms with van der Waals surface area (Å²) in [5.41, 5.74) is 1.95. The topological polar surface area (TPSA) is 63.0 Å². The van der Waals surface area contributed by atoms with Crippen LogP contribution < -0.4 is 0 Å². The van der Waals surface area contributed by atoms with Crippen molar-refractivity contribution in [1.29, 1.82) is 5.26 Å². The van der Waals surface area contributed by atoms with Gasteiger partial charge in [0.1, 0.15) is 6.07 Å². The van der Waals surface area contributed by atoms with Crippen LogP contribution in [0.2, 0.25) is 5.04 Å². The number of hydrogen-bond donors (Lipinski definition) is 0. The Morgan fingerprint density at radius 1 is 1.08 bits per heavy atom. The molecule has 0 saturated heterocycles. The van der Waals surface area contributed by atoms with Crippen molar-refractivity contribution in [2.24, 2.45) is 0 Å². The summed E-state index contributed by atoms with van der Waals surface area (Å²) in [5, 5.41) is 9.05. The molecule has 2 rings (SSSR count). The van der Waals surface area contributed by atoms with Crippen molar-refractivity contribution in [1.82, 2.24) is 4.98 Å². The smallest absolute Gasteiger partial charge is 0.236 e. The number of ketones is 1. The van der Waals surface area contributed by atoms with Gasteiger partial charge in [-0.2, -0.15) is 5.26 Å². The predicted octanol–water partition coefficient (Wildman–Crippen LogP) is 4.27. The van der Waals surface area contributed by atoms with E-state index in [1.807, 2.05) is 32.0 Å². The summed E-state index contributed by atoms with van der Waals surface area (Å²) in [7, 11) is 0.381. The molecule has 2 radical (unpaired) electrons. The van der Waals surface area contributed by atoms with Crippen LogP contribution in [-0.2, 0) is 10.0 Å². The molecule has 0 spiro atoms. The highest BCUT2D eigenvalue weighted by atomic mass is 28.2. The van der Waals surface area contributed by atoms with Gasteiger partial charge in [-0.15, -0.1) is 0 Å². The van der Waals surface area contributed by atoms with Crippen molar-refractivity contribution >= 4 is 15.5 Å². The normalized spacial score (nSPS) is 11.8. The van der Waals surface area contributed by atoms with E-state index >= 15 is 0 Å². The predicted molar refractivity (Wildman–Crippen MR) is 98.4 cm³/mol. The van der Waals surface area contributed by atoms with Crippen LogP contribution in [0.15, 0.2) is 42.7 Å². The fourth-order valence-corrected chi connectivity index (χ4v) is 2.83. The molecule has 5 heteroatoms. The molecule has 0 bridgehead atoms. The van der Waals surface area contributed by atoms with Gasteiger partial charge in [-0.3, -0.25) is 9.78 Å². The van der Waals surface area contributed by atoms with Crippen LogP contribution in [0.1, 0.15) is 61.7 Å². The highest BCUT2D eigenvalue weighted by molar-refractivity contribution is 6.31. The molecular weight excluding hydrogens is 328 g/mol. The van der Waals surface area contributed by atoms with Crippen molar-refractivity contribution < 1.29 is 9.22 Å². The lowest BCUT2D eigenvalue weighted by atomic mass is 9.95. The number of hydrogen-bond acceptors (Lipinski definition) is 4. The fraction of sp³-hybridized carbons (Fsp3) is 0.350. The number of benzene rings is 1. The van der Waals surface area contributed by atoms with E-state index in [4.69, 9.17) is 9.69 Å². The van der Waals surface area contributed by atoms with E-state index in [9.17, 15) is 4.79 Å². The van der Waals surface area contributed by atoms with E-state index in [-0.39, 0.29) is 10.8 Å². The van der Waals surface area contributed by atoms with Gasteiger partial charge in [-0.25, -0.2) is 0 Å². The summed E-state index contributed by atoms with van der Waals surface area (Å²) >= 11 is 0. The second kappa shape index (κ2) is 7.30. The van der Waals surface area contributed by atoms with Gasteiger partial charge in [0.2, 0.25) is 9.76 Å². The minimum atomic E-state index is -0.421. The SMILES string of the molecule is CC(C)(C)[Si]OC(C)(C)c1ccc(C(=O)c2cncc(C#N)c2)cc1. The van der Waals surface area contributed by atoms with Crippen LogP contribution in [0, 0.1) is 11.3 Å². The molecule has 128 valence electrons. The third-order valence-electron chi connectivity index (χ3n) is 3.58. The number of aromatic nitrogens is 1. The second-order valence-corrected chi connectivity index (χ2v) is 9.35. The van der Waals surface area contributed by atoms with E-state index in [1.54, 1.807) is 18.2 Å². The fourth-order valence-electron chi connectivity index (χ4n) is 2.15. The molecule has 0 amide bonds. The van der Waals surface area contributed by atoms with Crippen LogP contribution >= 0.6 is 0 Å². The molecule has 0 aliphatic rings. The van der Waals surface area contributed by atoms with Crippen LogP contribution in [0.5, 0.6) is 0 Å². The summed E-state index contributed by atoms with van der Waals surface area (Å²) in [4.78, 5) is 16.5.